The average molecular weight is 238 g/mol. The van der Waals surface area contributed by atoms with Gasteiger partial charge in [-0.1, -0.05) is 6.92 Å². The van der Waals surface area contributed by atoms with Crippen molar-refractivity contribution >= 4 is 5.91 Å². The molecule has 0 aliphatic carbocycles. The van der Waals surface area contributed by atoms with Crippen molar-refractivity contribution in [3.05, 3.63) is 34.2 Å². The first kappa shape index (κ1) is 13.4. The van der Waals surface area contributed by atoms with Gasteiger partial charge in [-0.2, -0.15) is 0 Å². The number of hydrogen-bond donors (Lipinski definition) is 2. The van der Waals surface area contributed by atoms with Crippen LogP contribution in [0.2, 0.25) is 0 Å². The molecule has 2 N–H and O–H groups in total. The number of H-pyrrole nitrogens is 1. The van der Waals surface area contributed by atoms with E-state index in [0.717, 1.165) is 19.4 Å². The summed E-state index contributed by atoms with van der Waals surface area (Å²) >= 11 is 0. The first-order chi connectivity index (χ1) is 8.25. The van der Waals surface area contributed by atoms with Crippen LogP contribution >= 0.6 is 0 Å². The molecule has 1 amide bonds. The van der Waals surface area contributed by atoms with Crippen LogP contribution in [0.4, 0.5) is 0 Å². The molecule has 1 aromatic rings. The summed E-state index contributed by atoms with van der Waals surface area (Å²) in [5.41, 5.74) is -0.134. The van der Waals surface area contributed by atoms with Crippen LogP contribution < -0.4 is 10.7 Å². The van der Waals surface area contributed by atoms with Gasteiger partial charge < -0.3 is 15.0 Å². The van der Waals surface area contributed by atoms with Crippen molar-refractivity contribution in [3.63, 3.8) is 0 Å². The van der Waals surface area contributed by atoms with Crippen molar-refractivity contribution in [3.8, 4) is 0 Å². The second-order valence-corrected chi connectivity index (χ2v) is 3.64. The Hall–Kier alpha value is -1.62. The van der Waals surface area contributed by atoms with E-state index in [-0.39, 0.29) is 16.9 Å². The lowest BCUT2D eigenvalue weighted by Gasteiger charge is -2.05. The molecule has 0 spiro atoms. The van der Waals surface area contributed by atoms with E-state index in [4.69, 9.17) is 4.74 Å². The molecule has 0 aliphatic rings. The van der Waals surface area contributed by atoms with Crippen LogP contribution in [0.25, 0.3) is 0 Å². The van der Waals surface area contributed by atoms with Gasteiger partial charge in [-0.25, -0.2) is 0 Å². The van der Waals surface area contributed by atoms with Crippen molar-refractivity contribution in [1.82, 2.24) is 10.3 Å². The summed E-state index contributed by atoms with van der Waals surface area (Å²) in [4.78, 5) is 25.6. The minimum absolute atomic E-state index is 0.141. The molecule has 5 nitrogen and oxygen atoms in total. The average Bonchev–Trinajstić information content (AvgIpc) is 2.34. The Bertz CT molecular complexity index is 401. The molecule has 1 heterocycles. The lowest BCUT2D eigenvalue weighted by molar-refractivity contribution is 0.0940. The van der Waals surface area contributed by atoms with Gasteiger partial charge in [0.25, 0.3) is 5.91 Å². The molecule has 0 saturated heterocycles. The monoisotopic (exact) mass is 238 g/mol. The largest absolute Gasteiger partial charge is 0.381 e. The highest BCUT2D eigenvalue weighted by Gasteiger charge is 2.07. The summed E-state index contributed by atoms with van der Waals surface area (Å²) < 4.78 is 5.27. The highest BCUT2D eigenvalue weighted by molar-refractivity contribution is 5.93. The summed E-state index contributed by atoms with van der Waals surface area (Å²) in [5, 5.41) is 2.68. The van der Waals surface area contributed by atoms with Gasteiger partial charge in [0, 0.05) is 38.2 Å². The molecule has 94 valence electrons. The van der Waals surface area contributed by atoms with Crippen molar-refractivity contribution in [2.75, 3.05) is 19.8 Å². The molecule has 0 unspecified atom stereocenters. The molecule has 0 aliphatic heterocycles. The van der Waals surface area contributed by atoms with E-state index in [1.165, 1.54) is 18.5 Å². The van der Waals surface area contributed by atoms with Gasteiger partial charge in [-0.15, -0.1) is 0 Å². The molecule has 17 heavy (non-hydrogen) atoms. The Labute approximate surface area is 100 Å². The molecule has 5 heteroatoms. The third kappa shape index (κ3) is 4.82. The Morgan fingerprint density at radius 1 is 1.47 bits per heavy atom. The van der Waals surface area contributed by atoms with Gasteiger partial charge in [-0.3, -0.25) is 9.59 Å². The van der Waals surface area contributed by atoms with Crippen LogP contribution in [0.15, 0.2) is 23.3 Å². The summed E-state index contributed by atoms with van der Waals surface area (Å²) in [5.74, 6) is -0.345. The van der Waals surface area contributed by atoms with Crippen LogP contribution in [0.5, 0.6) is 0 Å². The maximum Gasteiger partial charge on any atom is 0.256 e. The van der Waals surface area contributed by atoms with Crippen molar-refractivity contribution in [2.45, 2.75) is 19.8 Å². The van der Waals surface area contributed by atoms with Crippen molar-refractivity contribution in [1.29, 1.82) is 0 Å². The van der Waals surface area contributed by atoms with Crippen LogP contribution in [-0.2, 0) is 4.74 Å². The van der Waals surface area contributed by atoms with Gasteiger partial charge in [-0.05, 0) is 12.8 Å². The standard InChI is InChI=1S/C12H18N2O3/c1-2-7-17-8-3-5-14-12(16)10-9-13-6-4-11(10)15/h4,6,9H,2-3,5,7-8H2,1H3,(H,13,15)(H,14,16). The molecule has 0 bridgehead atoms. The zero-order valence-corrected chi connectivity index (χ0v) is 9.99. The zero-order chi connectivity index (χ0) is 12.5. The van der Waals surface area contributed by atoms with Crippen LogP contribution in [0.3, 0.4) is 0 Å². The van der Waals surface area contributed by atoms with Crippen LogP contribution in [-0.4, -0.2) is 30.6 Å². The molecule has 1 rings (SSSR count). The molecule has 0 radical (unpaired) electrons. The third-order valence-electron chi connectivity index (χ3n) is 2.17. The number of pyridine rings is 1. The van der Waals surface area contributed by atoms with E-state index in [1.54, 1.807) is 0 Å². The van der Waals surface area contributed by atoms with Gasteiger partial charge in [0.05, 0.1) is 0 Å². The highest BCUT2D eigenvalue weighted by atomic mass is 16.5. The molecule has 0 saturated carbocycles. The smallest absolute Gasteiger partial charge is 0.256 e. The minimum atomic E-state index is -0.345. The highest BCUT2D eigenvalue weighted by Crippen LogP contribution is 1.89. The summed E-state index contributed by atoms with van der Waals surface area (Å²) in [6.45, 7) is 3.92. The van der Waals surface area contributed by atoms with Crippen LogP contribution in [0, 0.1) is 0 Å². The lowest BCUT2D eigenvalue weighted by Crippen LogP contribution is -2.29. The second kappa shape index (κ2) is 7.62. The van der Waals surface area contributed by atoms with E-state index in [9.17, 15) is 9.59 Å². The maximum absolute atomic E-state index is 11.6. The Balaban J connectivity index is 2.26. The summed E-state index contributed by atoms with van der Waals surface area (Å²) in [6.07, 6.45) is 4.64. The number of amides is 1. The minimum Gasteiger partial charge on any atom is -0.381 e. The number of carbonyl (C=O) groups excluding carboxylic acids is 1. The third-order valence-corrected chi connectivity index (χ3v) is 2.17. The molecular weight excluding hydrogens is 220 g/mol. The van der Waals surface area contributed by atoms with Crippen molar-refractivity contribution < 1.29 is 9.53 Å². The molecule has 0 fully saturated rings. The predicted molar refractivity (Wildman–Crippen MR) is 65.1 cm³/mol. The Kier molecular flexibility index (Phi) is 6.03. The van der Waals surface area contributed by atoms with E-state index in [1.807, 2.05) is 6.92 Å². The van der Waals surface area contributed by atoms with Gasteiger partial charge >= 0.3 is 0 Å². The summed E-state index contributed by atoms with van der Waals surface area (Å²) in [6, 6.07) is 1.33. The predicted octanol–water partition coefficient (Wildman–Crippen LogP) is 0.921. The number of ether oxygens (including phenoxy) is 1. The zero-order valence-electron chi connectivity index (χ0n) is 9.99. The van der Waals surface area contributed by atoms with E-state index < -0.39 is 0 Å². The van der Waals surface area contributed by atoms with Gasteiger partial charge in [0.1, 0.15) is 5.56 Å². The first-order valence-corrected chi connectivity index (χ1v) is 5.78. The van der Waals surface area contributed by atoms with E-state index in [2.05, 4.69) is 10.3 Å². The SMILES string of the molecule is CCCOCCCNC(=O)c1c[nH]ccc1=O. The molecule has 1 aromatic heterocycles. The van der Waals surface area contributed by atoms with E-state index in [0.29, 0.717) is 13.2 Å². The fourth-order valence-electron chi connectivity index (χ4n) is 1.31. The lowest BCUT2D eigenvalue weighted by atomic mass is 10.2. The number of hydrogen-bond acceptors (Lipinski definition) is 3. The number of carbonyl (C=O) groups is 1. The Morgan fingerprint density at radius 2 is 2.29 bits per heavy atom. The van der Waals surface area contributed by atoms with Crippen molar-refractivity contribution in [2.24, 2.45) is 0 Å². The number of aromatic amines is 1. The fraction of sp³-hybridized carbons (Fsp3) is 0.500. The molecular formula is C12H18N2O3. The van der Waals surface area contributed by atoms with Gasteiger partial charge in [0.15, 0.2) is 5.43 Å². The second-order valence-electron chi connectivity index (χ2n) is 3.64. The normalized spacial score (nSPS) is 10.2. The topological polar surface area (TPSA) is 71.2 Å². The first-order valence-electron chi connectivity index (χ1n) is 5.78. The Morgan fingerprint density at radius 3 is 3.00 bits per heavy atom. The summed E-state index contributed by atoms with van der Waals surface area (Å²) in [7, 11) is 0. The fourth-order valence-corrected chi connectivity index (χ4v) is 1.31. The molecule has 0 aromatic carbocycles. The molecule has 0 atom stereocenters. The maximum atomic E-state index is 11.6. The quantitative estimate of drug-likeness (QED) is 0.694. The number of rotatable bonds is 7. The van der Waals surface area contributed by atoms with Crippen LogP contribution in [0.1, 0.15) is 30.1 Å². The van der Waals surface area contributed by atoms with Gasteiger partial charge in [0.2, 0.25) is 0 Å². The number of aromatic nitrogens is 1. The van der Waals surface area contributed by atoms with E-state index >= 15 is 0 Å². The number of nitrogens with one attached hydrogen (secondary N) is 2.